The van der Waals surface area contributed by atoms with Crippen LogP contribution in [0.15, 0.2) is 22.5 Å². The molecule has 0 amide bonds. The monoisotopic (exact) mass is 279 g/mol. The van der Waals surface area contributed by atoms with Crippen LogP contribution in [0.1, 0.15) is 6.42 Å². The van der Waals surface area contributed by atoms with Crippen LogP contribution in [0.5, 0.6) is 0 Å². The quantitative estimate of drug-likeness (QED) is 0.632. The molecular formula is C9H19Cl2PV. The number of halogens is 2. The molecule has 79 valence electrons. The molecule has 1 aliphatic carbocycles. The molecule has 0 bridgehead atoms. The summed E-state index contributed by atoms with van der Waals surface area (Å²) in [6, 6.07) is 0. The number of rotatable bonds is 1. The third-order valence-electron chi connectivity index (χ3n) is 1.04. The Morgan fingerprint density at radius 1 is 1.23 bits per heavy atom. The van der Waals surface area contributed by atoms with Gasteiger partial charge in [0.25, 0.3) is 0 Å². The van der Waals surface area contributed by atoms with Crippen molar-refractivity contribution in [2.24, 2.45) is 0 Å². The van der Waals surface area contributed by atoms with Crippen molar-refractivity contribution in [1.82, 2.24) is 0 Å². The zero-order valence-corrected chi connectivity index (χ0v) is 12.6. The summed E-state index contributed by atoms with van der Waals surface area (Å²) in [7, 11) is 0.380. The molecule has 0 aromatic rings. The second-order valence-electron chi connectivity index (χ2n) is 2.86. The Morgan fingerprint density at radius 3 is 1.85 bits per heavy atom. The van der Waals surface area contributed by atoms with Gasteiger partial charge in [-0.25, -0.2) is 0 Å². The third kappa shape index (κ3) is 15.8. The fourth-order valence-electron chi connectivity index (χ4n) is 0.602. The molecule has 4 heteroatoms. The molecule has 0 radical (unpaired) electrons. The molecule has 0 aromatic heterocycles. The van der Waals surface area contributed by atoms with E-state index >= 15 is 0 Å². The Morgan fingerprint density at radius 2 is 1.69 bits per heavy atom. The standard InChI is InChI=1S/C5H5.C3H9P.CH3.2ClH.V/c1-2-4-5-3-1;1-4(2)3;;;;/h1-3H,4H2;1-3H3;1H3;2*1H;. The predicted molar refractivity (Wildman–Crippen MR) is 66.9 cm³/mol. The molecule has 0 heterocycles. The summed E-state index contributed by atoms with van der Waals surface area (Å²) in [6.45, 7) is 6.69. The van der Waals surface area contributed by atoms with Crippen LogP contribution in [0.25, 0.3) is 0 Å². The van der Waals surface area contributed by atoms with Gasteiger partial charge in [-0.05, 0) is 20.0 Å². The Kier molecular flexibility index (Phi) is 19.7. The second-order valence-corrected chi connectivity index (χ2v) is 7.13. The van der Waals surface area contributed by atoms with E-state index in [0.29, 0.717) is 24.2 Å². The van der Waals surface area contributed by atoms with Gasteiger partial charge >= 0.3 is 50.9 Å². The molecule has 1 aliphatic rings. The molecule has 0 saturated heterocycles. The van der Waals surface area contributed by atoms with Crippen LogP contribution in [-0.4, -0.2) is 20.0 Å². The fraction of sp³-hybridized carbons (Fsp3) is 0.556. The first kappa shape index (κ1) is 19.6. The SMILES string of the molecule is CP(C)C.Cl.Cl.[CH3][V][C]1=CC=CC1. The van der Waals surface area contributed by atoms with Crippen molar-refractivity contribution >= 4 is 32.7 Å². The number of hydrogen-bond donors (Lipinski definition) is 0. The molecule has 0 spiro atoms. The van der Waals surface area contributed by atoms with E-state index in [1.165, 1.54) is 6.42 Å². The summed E-state index contributed by atoms with van der Waals surface area (Å²) in [6.07, 6.45) is 7.83. The van der Waals surface area contributed by atoms with Crippen LogP contribution in [0.2, 0.25) is 5.64 Å². The molecule has 0 aliphatic heterocycles. The zero-order chi connectivity index (χ0) is 8.69. The Bertz CT molecular complexity index is 153. The van der Waals surface area contributed by atoms with E-state index in [1.807, 2.05) is 0 Å². The van der Waals surface area contributed by atoms with E-state index in [-0.39, 0.29) is 24.8 Å². The van der Waals surface area contributed by atoms with Crippen LogP contribution in [0.3, 0.4) is 0 Å². The zero-order valence-electron chi connectivity index (χ0n) is 8.65. The van der Waals surface area contributed by atoms with Gasteiger partial charge in [0.05, 0.1) is 0 Å². The van der Waals surface area contributed by atoms with Crippen molar-refractivity contribution in [3.05, 3.63) is 22.5 Å². The van der Waals surface area contributed by atoms with E-state index in [0.717, 1.165) is 0 Å². The summed E-state index contributed by atoms with van der Waals surface area (Å²) in [5.74, 6) is 0. The third-order valence-corrected chi connectivity index (χ3v) is 2.45. The molecular weight excluding hydrogens is 261 g/mol. The first-order chi connectivity index (χ1) is 5.16. The minimum atomic E-state index is 0. The molecule has 0 nitrogen and oxygen atoms in total. The fourth-order valence-corrected chi connectivity index (χ4v) is 1.42. The van der Waals surface area contributed by atoms with Gasteiger partial charge in [-0.2, -0.15) is 0 Å². The predicted octanol–water partition coefficient (Wildman–Crippen LogP) is 4.16. The van der Waals surface area contributed by atoms with Crippen molar-refractivity contribution in [2.75, 3.05) is 20.0 Å². The maximum absolute atomic E-state index is 2.29. The number of hydrogen-bond acceptors (Lipinski definition) is 0. The van der Waals surface area contributed by atoms with Gasteiger partial charge < -0.3 is 0 Å². The molecule has 0 N–H and O–H groups in total. The Balaban J connectivity index is -0.000000150. The van der Waals surface area contributed by atoms with Gasteiger partial charge in [0.15, 0.2) is 0 Å². The van der Waals surface area contributed by atoms with E-state index in [1.54, 1.807) is 4.28 Å². The van der Waals surface area contributed by atoms with Gasteiger partial charge in [0.2, 0.25) is 0 Å². The molecule has 0 atom stereocenters. The van der Waals surface area contributed by atoms with Gasteiger partial charge in [0, 0.05) is 0 Å². The first-order valence-electron chi connectivity index (χ1n) is 3.73. The van der Waals surface area contributed by atoms with E-state index in [4.69, 9.17) is 0 Å². The molecule has 0 aromatic carbocycles. The van der Waals surface area contributed by atoms with Gasteiger partial charge in [-0.3, -0.25) is 0 Å². The van der Waals surface area contributed by atoms with Crippen molar-refractivity contribution in [3.8, 4) is 0 Å². The summed E-state index contributed by atoms with van der Waals surface area (Å²) >= 11 is 0.523. The van der Waals surface area contributed by atoms with E-state index in [2.05, 4.69) is 43.9 Å². The Hall–Kier alpha value is 1.07. The van der Waals surface area contributed by atoms with Gasteiger partial charge in [0.1, 0.15) is 0 Å². The van der Waals surface area contributed by atoms with Crippen molar-refractivity contribution in [3.63, 3.8) is 0 Å². The topological polar surface area (TPSA) is 0 Å². The van der Waals surface area contributed by atoms with Crippen LogP contribution in [-0.2, 0) is 16.3 Å². The van der Waals surface area contributed by atoms with Crippen LogP contribution in [0.4, 0.5) is 0 Å². The molecule has 0 saturated carbocycles. The summed E-state index contributed by atoms with van der Waals surface area (Å²) in [5.41, 5.74) is 2.29. The molecule has 0 unspecified atom stereocenters. The van der Waals surface area contributed by atoms with Crippen LogP contribution < -0.4 is 0 Å². The van der Waals surface area contributed by atoms with Gasteiger partial charge in [-0.15, -0.1) is 32.7 Å². The van der Waals surface area contributed by atoms with Crippen molar-refractivity contribution < 1.29 is 16.3 Å². The van der Waals surface area contributed by atoms with Crippen molar-refractivity contribution in [1.29, 1.82) is 0 Å². The Labute approximate surface area is 103 Å². The van der Waals surface area contributed by atoms with Crippen LogP contribution >= 0.6 is 32.7 Å². The molecule has 13 heavy (non-hydrogen) atoms. The van der Waals surface area contributed by atoms with Crippen LogP contribution in [0, 0.1) is 0 Å². The molecule has 0 fully saturated rings. The van der Waals surface area contributed by atoms with E-state index < -0.39 is 0 Å². The van der Waals surface area contributed by atoms with E-state index in [9.17, 15) is 0 Å². The normalized spacial score (nSPS) is 11.9. The first-order valence-corrected chi connectivity index (χ1v) is 8.51. The summed E-state index contributed by atoms with van der Waals surface area (Å²) < 4.78 is 1.65. The van der Waals surface area contributed by atoms with Gasteiger partial charge in [-0.1, -0.05) is 0 Å². The second kappa shape index (κ2) is 13.1. The summed E-state index contributed by atoms with van der Waals surface area (Å²) in [5, 5.41) is 0. The maximum atomic E-state index is 2.29. The molecule has 1 rings (SSSR count). The average Bonchev–Trinajstić information content (AvgIpc) is 2.36. The van der Waals surface area contributed by atoms with Crippen molar-refractivity contribution in [2.45, 2.75) is 12.1 Å². The number of allylic oxidation sites excluding steroid dienone is 4. The summed E-state index contributed by atoms with van der Waals surface area (Å²) in [4.78, 5) is 0. The average molecular weight is 280 g/mol. The minimum absolute atomic E-state index is 0.